The number of imidazole rings is 1. The minimum absolute atomic E-state index is 0.0366. The molecular weight excluding hydrogens is 381 g/mol. The summed E-state index contributed by atoms with van der Waals surface area (Å²) in [6, 6.07) is 6.02. The first-order chi connectivity index (χ1) is 12.4. The number of rotatable bonds is 3. The summed E-state index contributed by atoms with van der Waals surface area (Å²) in [4.78, 5) is 32.4. The van der Waals surface area contributed by atoms with Crippen LogP contribution in [0.3, 0.4) is 0 Å². The highest BCUT2D eigenvalue weighted by molar-refractivity contribution is 6.42. The van der Waals surface area contributed by atoms with E-state index in [0.29, 0.717) is 0 Å². The largest absolute Gasteiger partial charge is 0.465 e. The number of hydrogen-bond acceptors (Lipinski definition) is 6. The third-order valence-corrected chi connectivity index (χ3v) is 4.16. The molecule has 0 spiro atoms. The molecule has 0 bridgehead atoms. The van der Waals surface area contributed by atoms with Crippen LogP contribution in [0.2, 0.25) is 10.0 Å². The van der Waals surface area contributed by atoms with E-state index in [-0.39, 0.29) is 38.5 Å². The van der Waals surface area contributed by atoms with Gasteiger partial charge in [-0.1, -0.05) is 23.2 Å². The van der Waals surface area contributed by atoms with Crippen molar-refractivity contribution in [2.24, 2.45) is 0 Å². The number of nitrogens with one attached hydrogen (secondary N) is 1. The molecule has 1 N–H and O–H groups in total. The number of nitriles is 1. The van der Waals surface area contributed by atoms with Gasteiger partial charge in [0.1, 0.15) is 17.5 Å². The predicted octanol–water partition coefficient (Wildman–Crippen LogP) is 2.95. The zero-order valence-electron chi connectivity index (χ0n) is 13.2. The predicted molar refractivity (Wildman–Crippen MR) is 93.5 cm³/mol. The number of benzene rings is 1. The van der Waals surface area contributed by atoms with Gasteiger partial charge in [0.05, 0.1) is 34.6 Å². The summed E-state index contributed by atoms with van der Waals surface area (Å²) in [5.74, 6) is -1.09. The number of halogens is 2. The highest BCUT2D eigenvalue weighted by atomic mass is 35.5. The Morgan fingerprint density at radius 3 is 2.73 bits per heavy atom. The molecule has 0 aliphatic carbocycles. The van der Waals surface area contributed by atoms with Crippen LogP contribution in [-0.4, -0.2) is 33.4 Å². The Morgan fingerprint density at radius 1 is 1.31 bits per heavy atom. The second kappa shape index (κ2) is 7.00. The fourth-order valence-corrected chi connectivity index (χ4v) is 2.52. The molecular formula is C16H9Cl2N5O3. The highest BCUT2D eigenvalue weighted by Crippen LogP contribution is 2.30. The van der Waals surface area contributed by atoms with E-state index in [1.165, 1.54) is 42.1 Å². The molecule has 0 saturated carbocycles. The van der Waals surface area contributed by atoms with E-state index >= 15 is 0 Å². The maximum absolute atomic E-state index is 12.5. The molecule has 2 aromatic heterocycles. The zero-order valence-corrected chi connectivity index (χ0v) is 14.7. The number of nitrogens with zero attached hydrogens (tertiary/aromatic N) is 4. The molecule has 0 saturated heterocycles. The van der Waals surface area contributed by atoms with Gasteiger partial charge in [0.2, 0.25) is 5.78 Å². The molecule has 3 aromatic rings. The molecule has 1 amide bonds. The second-order valence-electron chi connectivity index (χ2n) is 5.00. The summed E-state index contributed by atoms with van der Waals surface area (Å²) in [6.45, 7) is 0. The van der Waals surface area contributed by atoms with Crippen LogP contribution >= 0.6 is 23.2 Å². The summed E-state index contributed by atoms with van der Waals surface area (Å²) in [5, 5.41) is 11.8. The number of aromatic nitrogens is 3. The molecule has 2 heterocycles. The Hall–Kier alpha value is -3.15. The molecule has 130 valence electrons. The molecule has 8 nitrogen and oxygen atoms in total. The number of methoxy groups -OCH3 is 1. The van der Waals surface area contributed by atoms with Gasteiger partial charge in [-0.2, -0.15) is 5.26 Å². The van der Waals surface area contributed by atoms with Crippen LogP contribution in [0.4, 0.5) is 5.69 Å². The van der Waals surface area contributed by atoms with E-state index in [2.05, 4.69) is 20.0 Å². The first-order valence-electron chi connectivity index (χ1n) is 7.07. The lowest BCUT2D eigenvalue weighted by Gasteiger charge is -2.11. The maximum Gasteiger partial charge on any atom is 0.340 e. The molecule has 0 aliphatic heterocycles. The van der Waals surface area contributed by atoms with Crippen molar-refractivity contribution >= 4 is 46.5 Å². The van der Waals surface area contributed by atoms with Gasteiger partial charge >= 0.3 is 5.97 Å². The smallest absolute Gasteiger partial charge is 0.340 e. The number of carbonyl (C=O) groups excluding carboxylic acids is 2. The van der Waals surface area contributed by atoms with Crippen LogP contribution < -0.4 is 5.32 Å². The minimum Gasteiger partial charge on any atom is -0.465 e. The Balaban J connectivity index is 1.96. The zero-order chi connectivity index (χ0) is 18.8. The number of ether oxygens (including phenoxy) is 1. The van der Waals surface area contributed by atoms with Gasteiger partial charge in [-0.05, 0) is 18.2 Å². The fourth-order valence-electron chi connectivity index (χ4n) is 2.20. The Labute approximate surface area is 156 Å². The normalized spacial score (nSPS) is 10.4. The first kappa shape index (κ1) is 17.7. The lowest BCUT2D eigenvalue weighted by Crippen LogP contribution is -2.17. The van der Waals surface area contributed by atoms with Crippen LogP contribution in [0, 0.1) is 11.3 Å². The Morgan fingerprint density at radius 2 is 2.04 bits per heavy atom. The van der Waals surface area contributed by atoms with E-state index in [1.54, 1.807) is 0 Å². The maximum atomic E-state index is 12.5. The standard InChI is InChI=1S/C16H9Cl2N5O3/c1-26-15(25)9-4-10(17)11(18)5-13(9)21-14(24)12-2-3-23-8(6-19)7-20-16(23)22-12/h2-5,7H,1H3,(H,21,24). The van der Waals surface area contributed by atoms with Gasteiger partial charge in [-0.3, -0.25) is 9.20 Å². The van der Waals surface area contributed by atoms with E-state index in [4.69, 9.17) is 28.5 Å². The van der Waals surface area contributed by atoms with Crippen LogP contribution in [0.1, 0.15) is 26.5 Å². The first-order valence-corrected chi connectivity index (χ1v) is 7.83. The van der Waals surface area contributed by atoms with Crippen molar-refractivity contribution in [3.63, 3.8) is 0 Å². The van der Waals surface area contributed by atoms with Gasteiger partial charge in [-0.25, -0.2) is 14.8 Å². The van der Waals surface area contributed by atoms with Crippen molar-refractivity contribution in [2.45, 2.75) is 0 Å². The van der Waals surface area contributed by atoms with Gasteiger partial charge in [-0.15, -0.1) is 0 Å². The van der Waals surface area contributed by atoms with Crippen molar-refractivity contribution in [3.8, 4) is 6.07 Å². The molecule has 0 fully saturated rings. The number of esters is 1. The van der Waals surface area contributed by atoms with Crippen molar-refractivity contribution in [3.05, 3.63) is 57.6 Å². The van der Waals surface area contributed by atoms with Crippen LogP contribution in [0.15, 0.2) is 30.6 Å². The van der Waals surface area contributed by atoms with Crippen molar-refractivity contribution < 1.29 is 14.3 Å². The summed E-state index contributed by atoms with van der Waals surface area (Å²) in [5.41, 5.74) is 0.495. The van der Waals surface area contributed by atoms with Crippen LogP contribution in [0.25, 0.3) is 5.78 Å². The Kier molecular flexibility index (Phi) is 4.75. The van der Waals surface area contributed by atoms with Crippen molar-refractivity contribution in [2.75, 3.05) is 12.4 Å². The molecule has 0 atom stereocenters. The number of hydrogen-bond donors (Lipinski definition) is 1. The van der Waals surface area contributed by atoms with E-state index in [1.807, 2.05) is 6.07 Å². The molecule has 26 heavy (non-hydrogen) atoms. The average Bonchev–Trinajstić information content (AvgIpc) is 3.06. The van der Waals surface area contributed by atoms with Gasteiger partial charge in [0, 0.05) is 6.20 Å². The number of carbonyl (C=O) groups is 2. The van der Waals surface area contributed by atoms with Gasteiger partial charge in [0.25, 0.3) is 5.91 Å². The lowest BCUT2D eigenvalue weighted by molar-refractivity contribution is 0.0602. The third kappa shape index (κ3) is 3.18. The highest BCUT2D eigenvalue weighted by Gasteiger charge is 2.18. The van der Waals surface area contributed by atoms with Crippen molar-refractivity contribution in [1.82, 2.24) is 14.4 Å². The molecule has 0 unspecified atom stereocenters. The van der Waals surface area contributed by atoms with Gasteiger partial charge in [0.15, 0.2) is 0 Å². The Bertz CT molecular complexity index is 1090. The molecule has 0 radical (unpaired) electrons. The summed E-state index contributed by atoms with van der Waals surface area (Å²) in [7, 11) is 1.21. The second-order valence-corrected chi connectivity index (χ2v) is 5.81. The summed E-state index contributed by atoms with van der Waals surface area (Å²) in [6.07, 6.45) is 2.84. The number of anilines is 1. The average molecular weight is 390 g/mol. The van der Waals surface area contributed by atoms with E-state index in [9.17, 15) is 9.59 Å². The minimum atomic E-state index is -0.686. The molecule has 0 aliphatic rings. The van der Waals surface area contributed by atoms with E-state index < -0.39 is 11.9 Å². The van der Waals surface area contributed by atoms with Crippen LogP contribution in [0.5, 0.6) is 0 Å². The SMILES string of the molecule is COC(=O)c1cc(Cl)c(Cl)cc1NC(=O)c1ccn2c(C#N)cnc2n1. The molecule has 10 heteroatoms. The quantitative estimate of drug-likeness (QED) is 0.689. The topological polar surface area (TPSA) is 109 Å². The fraction of sp³-hybridized carbons (Fsp3) is 0.0625. The monoisotopic (exact) mass is 389 g/mol. The molecule has 1 aromatic carbocycles. The van der Waals surface area contributed by atoms with Crippen LogP contribution in [-0.2, 0) is 4.74 Å². The summed E-state index contributed by atoms with van der Waals surface area (Å²) < 4.78 is 6.12. The number of fused-ring (bicyclic) bond motifs is 1. The van der Waals surface area contributed by atoms with E-state index in [0.717, 1.165) is 0 Å². The lowest BCUT2D eigenvalue weighted by atomic mass is 10.1. The number of amides is 1. The van der Waals surface area contributed by atoms with Crippen molar-refractivity contribution in [1.29, 1.82) is 5.26 Å². The third-order valence-electron chi connectivity index (χ3n) is 3.44. The van der Waals surface area contributed by atoms with Gasteiger partial charge < -0.3 is 10.1 Å². The summed E-state index contributed by atoms with van der Waals surface area (Å²) >= 11 is 11.9. The molecule has 3 rings (SSSR count).